The van der Waals surface area contributed by atoms with Crippen LogP contribution in [0, 0.1) is 11.8 Å². The second-order valence-electron chi connectivity index (χ2n) is 5.78. The summed E-state index contributed by atoms with van der Waals surface area (Å²) in [6.45, 7) is 6.53. The summed E-state index contributed by atoms with van der Waals surface area (Å²) < 4.78 is 0. The van der Waals surface area contributed by atoms with Crippen LogP contribution in [-0.4, -0.2) is 11.6 Å². The summed E-state index contributed by atoms with van der Waals surface area (Å²) in [5.74, 6) is 1.37. The Kier molecular flexibility index (Phi) is 3.96. The standard InChI is InChI=1S/C12H26N2/c1-9(8-12(2,3)14)10-6-4-5-7-11(10)13/h9-11H,4-8,13-14H2,1-3H3. The molecule has 2 heteroatoms. The summed E-state index contributed by atoms with van der Waals surface area (Å²) in [7, 11) is 0. The van der Waals surface area contributed by atoms with Crippen molar-refractivity contribution in [2.45, 2.75) is 64.5 Å². The smallest absolute Gasteiger partial charge is 0.00997 e. The molecule has 0 radical (unpaired) electrons. The van der Waals surface area contributed by atoms with Gasteiger partial charge in [0.25, 0.3) is 0 Å². The Morgan fingerprint density at radius 1 is 1.29 bits per heavy atom. The molecule has 0 bridgehead atoms. The minimum atomic E-state index is -0.0451. The van der Waals surface area contributed by atoms with Crippen LogP contribution >= 0.6 is 0 Å². The van der Waals surface area contributed by atoms with E-state index < -0.39 is 0 Å². The second-order valence-corrected chi connectivity index (χ2v) is 5.78. The largest absolute Gasteiger partial charge is 0.327 e. The summed E-state index contributed by atoms with van der Waals surface area (Å²) >= 11 is 0. The zero-order chi connectivity index (χ0) is 10.8. The van der Waals surface area contributed by atoms with E-state index >= 15 is 0 Å². The van der Waals surface area contributed by atoms with Crippen molar-refractivity contribution in [2.24, 2.45) is 23.3 Å². The first-order chi connectivity index (χ1) is 6.40. The maximum atomic E-state index is 6.16. The van der Waals surface area contributed by atoms with Gasteiger partial charge in [-0.25, -0.2) is 0 Å². The summed E-state index contributed by atoms with van der Waals surface area (Å²) in [6.07, 6.45) is 6.27. The fraction of sp³-hybridized carbons (Fsp3) is 1.00. The highest BCUT2D eigenvalue weighted by atomic mass is 14.7. The van der Waals surface area contributed by atoms with Gasteiger partial charge in [-0.15, -0.1) is 0 Å². The van der Waals surface area contributed by atoms with Crippen LogP contribution in [0.3, 0.4) is 0 Å². The molecule has 14 heavy (non-hydrogen) atoms. The normalized spacial score (nSPS) is 31.5. The van der Waals surface area contributed by atoms with Crippen molar-refractivity contribution in [3.8, 4) is 0 Å². The topological polar surface area (TPSA) is 52.0 Å². The number of nitrogens with two attached hydrogens (primary N) is 2. The zero-order valence-corrected chi connectivity index (χ0v) is 9.92. The Hall–Kier alpha value is -0.0800. The molecule has 0 aromatic carbocycles. The molecule has 1 aliphatic carbocycles. The zero-order valence-electron chi connectivity index (χ0n) is 9.92. The van der Waals surface area contributed by atoms with Gasteiger partial charge in [0.05, 0.1) is 0 Å². The molecular weight excluding hydrogens is 172 g/mol. The molecule has 0 aliphatic heterocycles. The van der Waals surface area contributed by atoms with E-state index in [4.69, 9.17) is 11.5 Å². The van der Waals surface area contributed by atoms with Crippen LogP contribution in [0.15, 0.2) is 0 Å². The van der Waals surface area contributed by atoms with Gasteiger partial charge >= 0.3 is 0 Å². The third-order valence-electron chi connectivity index (χ3n) is 3.45. The Balaban J connectivity index is 2.46. The highest BCUT2D eigenvalue weighted by Crippen LogP contribution is 2.32. The van der Waals surface area contributed by atoms with E-state index in [2.05, 4.69) is 20.8 Å². The molecule has 0 spiro atoms. The van der Waals surface area contributed by atoms with Crippen LogP contribution in [0.1, 0.15) is 52.9 Å². The van der Waals surface area contributed by atoms with E-state index in [1.165, 1.54) is 25.7 Å². The van der Waals surface area contributed by atoms with Gasteiger partial charge in [-0.1, -0.05) is 19.8 Å². The van der Waals surface area contributed by atoms with Crippen LogP contribution in [0.4, 0.5) is 0 Å². The van der Waals surface area contributed by atoms with Crippen molar-refractivity contribution >= 4 is 0 Å². The highest BCUT2D eigenvalue weighted by Gasteiger charge is 2.29. The van der Waals surface area contributed by atoms with Gasteiger partial charge in [-0.3, -0.25) is 0 Å². The van der Waals surface area contributed by atoms with Gasteiger partial charge in [-0.05, 0) is 44.9 Å². The van der Waals surface area contributed by atoms with Gasteiger partial charge in [0.15, 0.2) is 0 Å². The molecule has 0 amide bonds. The van der Waals surface area contributed by atoms with Crippen LogP contribution in [0.25, 0.3) is 0 Å². The summed E-state index contributed by atoms with van der Waals surface area (Å²) in [6, 6.07) is 0.418. The molecule has 84 valence electrons. The number of hydrogen-bond acceptors (Lipinski definition) is 2. The molecule has 0 aromatic rings. The van der Waals surface area contributed by atoms with Gasteiger partial charge in [0.2, 0.25) is 0 Å². The van der Waals surface area contributed by atoms with Crippen LogP contribution < -0.4 is 11.5 Å². The molecule has 1 saturated carbocycles. The Bertz CT molecular complexity index is 172. The maximum Gasteiger partial charge on any atom is 0.00997 e. The molecule has 0 saturated heterocycles. The minimum Gasteiger partial charge on any atom is -0.327 e. The summed E-state index contributed by atoms with van der Waals surface area (Å²) in [4.78, 5) is 0. The molecule has 3 atom stereocenters. The molecule has 0 aromatic heterocycles. The molecule has 0 heterocycles. The van der Waals surface area contributed by atoms with Crippen LogP contribution in [0.2, 0.25) is 0 Å². The predicted octanol–water partition coefficient (Wildman–Crippen LogP) is 2.27. The van der Waals surface area contributed by atoms with E-state index in [0.717, 1.165) is 6.42 Å². The second kappa shape index (κ2) is 4.63. The third kappa shape index (κ3) is 3.58. The van der Waals surface area contributed by atoms with E-state index in [0.29, 0.717) is 17.9 Å². The molecular formula is C12H26N2. The van der Waals surface area contributed by atoms with E-state index in [1.807, 2.05) is 0 Å². The first kappa shape index (κ1) is 12.0. The Morgan fingerprint density at radius 3 is 2.36 bits per heavy atom. The van der Waals surface area contributed by atoms with Gasteiger partial charge in [-0.2, -0.15) is 0 Å². The fourth-order valence-corrected chi connectivity index (χ4v) is 2.88. The predicted molar refractivity (Wildman–Crippen MR) is 62.0 cm³/mol. The van der Waals surface area contributed by atoms with E-state index in [1.54, 1.807) is 0 Å². The van der Waals surface area contributed by atoms with Crippen molar-refractivity contribution in [1.82, 2.24) is 0 Å². The quantitative estimate of drug-likeness (QED) is 0.731. The van der Waals surface area contributed by atoms with Crippen molar-refractivity contribution in [1.29, 1.82) is 0 Å². The molecule has 1 rings (SSSR count). The van der Waals surface area contributed by atoms with Crippen molar-refractivity contribution in [3.63, 3.8) is 0 Å². The van der Waals surface area contributed by atoms with Gasteiger partial charge < -0.3 is 11.5 Å². The lowest BCUT2D eigenvalue weighted by Crippen LogP contribution is -2.41. The average molecular weight is 198 g/mol. The molecule has 2 nitrogen and oxygen atoms in total. The van der Waals surface area contributed by atoms with Gasteiger partial charge in [0.1, 0.15) is 0 Å². The summed E-state index contributed by atoms with van der Waals surface area (Å²) in [5.41, 5.74) is 12.2. The van der Waals surface area contributed by atoms with Crippen LogP contribution in [-0.2, 0) is 0 Å². The van der Waals surface area contributed by atoms with Crippen LogP contribution in [0.5, 0.6) is 0 Å². The first-order valence-corrected chi connectivity index (χ1v) is 5.94. The Labute approximate surface area is 88.4 Å². The van der Waals surface area contributed by atoms with Gasteiger partial charge in [0, 0.05) is 11.6 Å². The highest BCUT2D eigenvalue weighted by molar-refractivity contribution is 4.85. The average Bonchev–Trinajstić information content (AvgIpc) is 2.01. The van der Waals surface area contributed by atoms with E-state index in [9.17, 15) is 0 Å². The Morgan fingerprint density at radius 2 is 1.86 bits per heavy atom. The number of hydrogen-bond donors (Lipinski definition) is 2. The first-order valence-electron chi connectivity index (χ1n) is 5.94. The molecule has 1 fully saturated rings. The number of rotatable bonds is 3. The third-order valence-corrected chi connectivity index (χ3v) is 3.45. The molecule has 4 N–H and O–H groups in total. The molecule has 1 aliphatic rings. The van der Waals surface area contributed by atoms with Crippen molar-refractivity contribution < 1.29 is 0 Å². The van der Waals surface area contributed by atoms with Crippen molar-refractivity contribution in [2.75, 3.05) is 0 Å². The SMILES string of the molecule is CC(CC(C)(C)N)C1CCCCC1N. The van der Waals surface area contributed by atoms with E-state index in [-0.39, 0.29) is 5.54 Å². The lowest BCUT2D eigenvalue weighted by atomic mass is 9.74. The lowest BCUT2D eigenvalue weighted by Gasteiger charge is -2.36. The monoisotopic (exact) mass is 198 g/mol. The lowest BCUT2D eigenvalue weighted by molar-refractivity contribution is 0.195. The summed E-state index contributed by atoms with van der Waals surface area (Å²) in [5, 5.41) is 0. The molecule has 3 unspecified atom stereocenters. The fourth-order valence-electron chi connectivity index (χ4n) is 2.88. The van der Waals surface area contributed by atoms with Crippen molar-refractivity contribution in [3.05, 3.63) is 0 Å². The minimum absolute atomic E-state index is 0.0451. The maximum absolute atomic E-state index is 6.16.